The van der Waals surface area contributed by atoms with Crippen LogP contribution in [0, 0.1) is 5.82 Å². The van der Waals surface area contributed by atoms with Gasteiger partial charge < -0.3 is 15.3 Å². The molecule has 0 heterocycles. The summed E-state index contributed by atoms with van der Waals surface area (Å²) in [6.07, 6.45) is 0. The van der Waals surface area contributed by atoms with Crippen LogP contribution >= 0.6 is 0 Å². The highest BCUT2D eigenvalue weighted by atomic mass is 19.1. The highest BCUT2D eigenvalue weighted by Crippen LogP contribution is 2.06. The fraction of sp³-hybridized carbons (Fsp3) is 0.235. The number of urea groups is 1. The first kappa shape index (κ1) is 16.0. The van der Waals surface area contributed by atoms with Gasteiger partial charge in [-0.1, -0.05) is 42.5 Å². The lowest BCUT2D eigenvalue weighted by Gasteiger charge is -2.22. The Balaban J connectivity index is 1.93. The molecule has 0 radical (unpaired) electrons. The average Bonchev–Trinajstić information content (AvgIpc) is 2.54. The Labute approximate surface area is 129 Å². The Kier molecular flexibility index (Phi) is 5.91. The largest absolute Gasteiger partial charge is 0.395 e. The summed E-state index contributed by atoms with van der Waals surface area (Å²) in [5.41, 5.74) is 1.81. The Morgan fingerprint density at radius 1 is 1.05 bits per heavy atom. The minimum atomic E-state index is -0.305. The van der Waals surface area contributed by atoms with Crippen LogP contribution in [0.5, 0.6) is 0 Å². The molecular formula is C17H19FN2O2. The van der Waals surface area contributed by atoms with Crippen molar-refractivity contribution >= 4 is 6.03 Å². The van der Waals surface area contributed by atoms with Crippen molar-refractivity contribution in [2.45, 2.75) is 13.1 Å². The SMILES string of the molecule is O=C(NCc1ccc(F)cc1)N(CCO)Cc1ccccc1. The second kappa shape index (κ2) is 8.14. The normalized spacial score (nSPS) is 10.3. The molecule has 0 unspecified atom stereocenters. The molecule has 5 heteroatoms. The summed E-state index contributed by atoms with van der Waals surface area (Å²) in [6, 6.07) is 15.3. The Bertz CT molecular complexity index is 587. The number of amides is 2. The lowest BCUT2D eigenvalue weighted by atomic mass is 10.2. The average molecular weight is 302 g/mol. The minimum Gasteiger partial charge on any atom is -0.395 e. The van der Waals surface area contributed by atoms with Crippen LogP contribution < -0.4 is 5.32 Å². The third-order valence-corrected chi connectivity index (χ3v) is 3.23. The Morgan fingerprint density at radius 3 is 2.36 bits per heavy atom. The number of halogens is 1. The topological polar surface area (TPSA) is 52.6 Å². The molecule has 0 aromatic heterocycles. The fourth-order valence-electron chi connectivity index (χ4n) is 2.07. The van der Waals surface area contributed by atoms with E-state index >= 15 is 0 Å². The number of nitrogens with one attached hydrogen (secondary N) is 1. The molecule has 2 amide bonds. The molecule has 4 nitrogen and oxygen atoms in total. The van der Waals surface area contributed by atoms with Crippen molar-refractivity contribution in [3.05, 3.63) is 71.5 Å². The number of benzene rings is 2. The maximum atomic E-state index is 12.8. The maximum absolute atomic E-state index is 12.8. The molecule has 0 aliphatic carbocycles. The number of rotatable bonds is 6. The van der Waals surface area contributed by atoms with Crippen LogP contribution in [0.3, 0.4) is 0 Å². The molecular weight excluding hydrogens is 283 g/mol. The van der Waals surface area contributed by atoms with E-state index in [1.165, 1.54) is 12.1 Å². The van der Waals surface area contributed by atoms with Gasteiger partial charge in [0.1, 0.15) is 5.82 Å². The highest BCUT2D eigenvalue weighted by molar-refractivity contribution is 5.74. The number of aliphatic hydroxyl groups excluding tert-OH is 1. The molecule has 0 atom stereocenters. The van der Waals surface area contributed by atoms with E-state index in [0.29, 0.717) is 13.1 Å². The van der Waals surface area contributed by atoms with Gasteiger partial charge in [-0.05, 0) is 23.3 Å². The molecule has 0 fully saturated rings. The summed E-state index contributed by atoms with van der Waals surface area (Å²) in [4.78, 5) is 13.7. The summed E-state index contributed by atoms with van der Waals surface area (Å²) < 4.78 is 12.8. The summed E-state index contributed by atoms with van der Waals surface area (Å²) in [5, 5.41) is 11.9. The predicted molar refractivity (Wildman–Crippen MR) is 82.6 cm³/mol. The molecule has 0 saturated heterocycles. The second-order valence-electron chi connectivity index (χ2n) is 4.92. The van der Waals surface area contributed by atoms with Gasteiger partial charge in [0, 0.05) is 19.6 Å². The first-order valence-electron chi connectivity index (χ1n) is 7.11. The van der Waals surface area contributed by atoms with Gasteiger partial charge in [0.2, 0.25) is 0 Å². The van der Waals surface area contributed by atoms with Gasteiger partial charge >= 0.3 is 6.03 Å². The molecule has 0 aliphatic heterocycles. The van der Waals surface area contributed by atoms with Gasteiger partial charge in [-0.25, -0.2) is 9.18 Å². The summed E-state index contributed by atoms with van der Waals surface area (Å²) >= 11 is 0. The smallest absolute Gasteiger partial charge is 0.318 e. The first-order chi connectivity index (χ1) is 10.7. The molecule has 2 aromatic rings. The Hall–Kier alpha value is -2.40. The Morgan fingerprint density at radius 2 is 1.73 bits per heavy atom. The number of hydrogen-bond acceptors (Lipinski definition) is 2. The van der Waals surface area contributed by atoms with E-state index in [1.54, 1.807) is 17.0 Å². The van der Waals surface area contributed by atoms with E-state index in [2.05, 4.69) is 5.32 Å². The maximum Gasteiger partial charge on any atom is 0.318 e. The van der Waals surface area contributed by atoms with Crippen molar-refractivity contribution in [3.8, 4) is 0 Å². The number of nitrogens with zero attached hydrogens (tertiary/aromatic N) is 1. The number of carbonyl (C=O) groups is 1. The van der Waals surface area contributed by atoms with Crippen LogP contribution in [0.4, 0.5) is 9.18 Å². The molecule has 2 N–H and O–H groups in total. The zero-order valence-corrected chi connectivity index (χ0v) is 12.2. The number of carbonyl (C=O) groups excluding carboxylic acids is 1. The number of hydrogen-bond donors (Lipinski definition) is 2. The molecule has 0 bridgehead atoms. The van der Waals surface area contributed by atoms with Crippen molar-refractivity contribution in [1.29, 1.82) is 0 Å². The predicted octanol–water partition coefficient (Wildman–Crippen LogP) is 2.53. The van der Waals surface area contributed by atoms with Crippen LogP contribution in [0.15, 0.2) is 54.6 Å². The van der Waals surface area contributed by atoms with Crippen LogP contribution in [-0.2, 0) is 13.1 Å². The standard InChI is InChI=1S/C17H19FN2O2/c18-16-8-6-14(7-9-16)12-19-17(22)20(10-11-21)13-15-4-2-1-3-5-15/h1-9,21H,10-13H2,(H,19,22). The van der Waals surface area contributed by atoms with E-state index in [0.717, 1.165) is 11.1 Å². The third-order valence-electron chi connectivity index (χ3n) is 3.23. The van der Waals surface area contributed by atoms with Gasteiger partial charge in [0.15, 0.2) is 0 Å². The molecule has 116 valence electrons. The molecule has 2 rings (SSSR count). The lowest BCUT2D eigenvalue weighted by molar-refractivity contribution is 0.173. The molecule has 0 aliphatic rings. The van der Waals surface area contributed by atoms with E-state index < -0.39 is 0 Å². The molecule has 22 heavy (non-hydrogen) atoms. The van der Waals surface area contributed by atoms with Crippen LogP contribution in [0.1, 0.15) is 11.1 Å². The second-order valence-corrected chi connectivity index (χ2v) is 4.92. The van der Waals surface area contributed by atoms with Crippen molar-refractivity contribution in [1.82, 2.24) is 10.2 Å². The van der Waals surface area contributed by atoms with Crippen LogP contribution in [0.25, 0.3) is 0 Å². The third kappa shape index (κ3) is 4.86. The monoisotopic (exact) mass is 302 g/mol. The summed E-state index contributed by atoms with van der Waals surface area (Å²) in [6.45, 7) is 0.896. The quantitative estimate of drug-likeness (QED) is 0.861. The van der Waals surface area contributed by atoms with Crippen LogP contribution in [0.2, 0.25) is 0 Å². The zero-order valence-electron chi connectivity index (χ0n) is 12.2. The van der Waals surface area contributed by atoms with Crippen molar-refractivity contribution in [3.63, 3.8) is 0 Å². The van der Waals surface area contributed by atoms with Gasteiger partial charge in [-0.2, -0.15) is 0 Å². The van der Waals surface area contributed by atoms with E-state index in [9.17, 15) is 9.18 Å². The lowest BCUT2D eigenvalue weighted by Crippen LogP contribution is -2.40. The number of aliphatic hydroxyl groups is 1. The van der Waals surface area contributed by atoms with Crippen molar-refractivity contribution < 1.29 is 14.3 Å². The fourth-order valence-corrected chi connectivity index (χ4v) is 2.07. The molecule has 0 saturated carbocycles. The minimum absolute atomic E-state index is 0.100. The van der Waals surface area contributed by atoms with E-state index in [-0.39, 0.29) is 25.0 Å². The van der Waals surface area contributed by atoms with E-state index in [4.69, 9.17) is 5.11 Å². The van der Waals surface area contributed by atoms with Gasteiger partial charge in [0.05, 0.1) is 6.61 Å². The van der Waals surface area contributed by atoms with Gasteiger partial charge in [0.25, 0.3) is 0 Å². The van der Waals surface area contributed by atoms with Crippen molar-refractivity contribution in [2.24, 2.45) is 0 Å². The molecule has 0 spiro atoms. The van der Waals surface area contributed by atoms with E-state index in [1.807, 2.05) is 30.3 Å². The zero-order chi connectivity index (χ0) is 15.8. The highest BCUT2D eigenvalue weighted by Gasteiger charge is 2.13. The summed E-state index contributed by atoms with van der Waals surface area (Å²) in [7, 11) is 0. The summed E-state index contributed by atoms with van der Waals surface area (Å²) in [5.74, 6) is -0.305. The first-order valence-corrected chi connectivity index (χ1v) is 7.11. The van der Waals surface area contributed by atoms with Crippen LogP contribution in [-0.4, -0.2) is 29.2 Å². The van der Waals surface area contributed by atoms with Gasteiger partial charge in [-0.3, -0.25) is 0 Å². The van der Waals surface area contributed by atoms with Crippen molar-refractivity contribution in [2.75, 3.05) is 13.2 Å². The van der Waals surface area contributed by atoms with Gasteiger partial charge in [-0.15, -0.1) is 0 Å². The molecule has 2 aromatic carbocycles.